The Hall–Kier alpha value is -3.20. The van der Waals surface area contributed by atoms with Gasteiger partial charge < -0.3 is 19.4 Å². The first-order valence-corrected chi connectivity index (χ1v) is 7.83. The Labute approximate surface area is 149 Å². The zero-order valence-corrected chi connectivity index (χ0v) is 14.2. The first kappa shape index (κ1) is 19.1. The summed E-state index contributed by atoms with van der Waals surface area (Å²) in [4.78, 5) is 36.2. The predicted octanol–water partition coefficient (Wildman–Crippen LogP) is 1.59. The standard InChI is InChI=1S/C17H19N3O6/c1-25-9-7-19(12-15-6-3-8-26-15)16(21)11-18-17(22)13-4-2-5-14(10-13)20(23)24/h2-6,8,10H,7,9,11-12H2,1H3,(H,18,22). The van der Waals surface area contributed by atoms with Gasteiger partial charge in [-0.1, -0.05) is 6.07 Å². The van der Waals surface area contributed by atoms with E-state index in [0.717, 1.165) is 6.07 Å². The van der Waals surface area contributed by atoms with E-state index >= 15 is 0 Å². The molecule has 0 fully saturated rings. The lowest BCUT2D eigenvalue weighted by Gasteiger charge is -2.21. The highest BCUT2D eigenvalue weighted by atomic mass is 16.6. The summed E-state index contributed by atoms with van der Waals surface area (Å²) < 4.78 is 10.2. The Bertz CT molecular complexity index is 760. The molecule has 0 spiro atoms. The number of non-ortho nitro benzene ring substituents is 1. The number of carbonyl (C=O) groups is 2. The highest BCUT2D eigenvalue weighted by Gasteiger charge is 2.17. The highest BCUT2D eigenvalue weighted by molar-refractivity contribution is 5.96. The van der Waals surface area contributed by atoms with Crippen molar-refractivity contribution in [3.05, 3.63) is 64.1 Å². The lowest BCUT2D eigenvalue weighted by molar-refractivity contribution is -0.384. The Morgan fingerprint density at radius 1 is 1.31 bits per heavy atom. The molecule has 0 saturated carbocycles. The summed E-state index contributed by atoms with van der Waals surface area (Å²) in [6.45, 7) is 0.682. The van der Waals surface area contributed by atoms with Crippen molar-refractivity contribution < 1.29 is 23.7 Å². The van der Waals surface area contributed by atoms with Crippen molar-refractivity contribution in [1.29, 1.82) is 0 Å². The van der Waals surface area contributed by atoms with Gasteiger partial charge in [-0.05, 0) is 18.2 Å². The molecule has 0 aliphatic rings. The van der Waals surface area contributed by atoms with Crippen molar-refractivity contribution in [3.8, 4) is 0 Å². The molecule has 1 aromatic carbocycles. The van der Waals surface area contributed by atoms with E-state index in [1.165, 1.54) is 36.5 Å². The SMILES string of the molecule is COCCN(Cc1ccco1)C(=O)CNC(=O)c1cccc([N+](=O)[O-])c1. The number of carbonyl (C=O) groups excluding carboxylic acids is 2. The molecule has 0 bridgehead atoms. The van der Waals surface area contributed by atoms with E-state index in [0.29, 0.717) is 18.9 Å². The number of hydrogen-bond acceptors (Lipinski definition) is 6. The molecule has 26 heavy (non-hydrogen) atoms. The predicted molar refractivity (Wildman–Crippen MR) is 91.4 cm³/mol. The van der Waals surface area contributed by atoms with Crippen LogP contribution in [0.5, 0.6) is 0 Å². The third-order valence-corrected chi connectivity index (χ3v) is 3.56. The second kappa shape index (κ2) is 9.33. The maximum atomic E-state index is 12.4. The number of methoxy groups -OCH3 is 1. The lowest BCUT2D eigenvalue weighted by atomic mass is 10.2. The second-order valence-corrected chi connectivity index (χ2v) is 5.38. The number of ether oxygens (including phenoxy) is 1. The van der Waals surface area contributed by atoms with E-state index in [4.69, 9.17) is 9.15 Å². The number of nitro groups is 1. The third-order valence-electron chi connectivity index (χ3n) is 3.56. The van der Waals surface area contributed by atoms with Crippen LogP contribution in [0.1, 0.15) is 16.1 Å². The molecule has 0 unspecified atom stereocenters. The van der Waals surface area contributed by atoms with E-state index in [1.807, 2.05) is 0 Å². The van der Waals surface area contributed by atoms with Gasteiger partial charge in [0.15, 0.2) is 0 Å². The van der Waals surface area contributed by atoms with Gasteiger partial charge >= 0.3 is 0 Å². The van der Waals surface area contributed by atoms with Crippen LogP contribution in [0.2, 0.25) is 0 Å². The summed E-state index contributed by atoms with van der Waals surface area (Å²) in [6, 6.07) is 8.77. The van der Waals surface area contributed by atoms with Crippen LogP contribution in [-0.2, 0) is 16.1 Å². The van der Waals surface area contributed by atoms with E-state index in [9.17, 15) is 19.7 Å². The van der Waals surface area contributed by atoms with Gasteiger partial charge in [0.1, 0.15) is 5.76 Å². The number of nitrogens with zero attached hydrogens (tertiary/aromatic N) is 2. The average Bonchev–Trinajstić information content (AvgIpc) is 3.16. The fourth-order valence-electron chi connectivity index (χ4n) is 2.21. The van der Waals surface area contributed by atoms with Gasteiger partial charge in [-0.2, -0.15) is 0 Å². The average molecular weight is 361 g/mol. The number of benzene rings is 1. The third kappa shape index (κ3) is 5.42. The molecule has 9 heteroatoms. The smallest absolute Gasteiger partial charge is 0.270 e. The quantitative estimate of drug-likeness (QED) is 0.536. The van der Waals surface area contributed by atoms with Crippen molar-refractivity contribution in [2.45, 2.75) is 6.54 Å². The molecule has 0 atom stereocenters. The monoisotopic (exact) mass is 361 g/mol. The number of hydrogen-bond donors (Lipinski definition) is 1. The van der Waals surface area contributed by atoms with Crippen LogP contribution in [0, 0.1) is 10.1 Å². The van der Waals surface area contributed by atoms with Crippen LogP contribution >= 0.6 is 0 Å². The largest absolute Gasteiger partial charge is 0.467 e. The Kier molecular flexibility index (Phi) is 6.86. The van der Waals surface area contributed by atoms with Crippen molar-refractivity contribution in [2.75, 3.05) is 26.8 Å². The topological polar surface area (TPSA) is 115 Å². The van der Waals surface area contributed by atoms with Crippen LogP contribution < -0.4 is 5.32 Å². The zero-order chi connectivity index (χ0) is 18.9. The maximum Gasteiger partial charge on any atom is 0.270 e. The Balaban J connectivity index is 1.96. The van der Waals surface area contributed by atoms with Crippen LogP contribution in [0.4, 0.5) is 5.69 Å². The molecule has 1 N–H and O–H groups in total. The minimum Gasteiger partial charge on any atom is -0.467 e. The summed E-state index contributed by atoms with van der Waals surface area (Å²) in [6.07, 6.45) is 1.51. The first-order valence-electron chi connectivity index (χ1n) is 7.83. The van der Waals surface area contributed by atoms with Gasteiger partial charge in [0, 0.05) is 31.4 Å². The summed E-state index contributed by atoms with van der Waals surface area (Å²) in [5, 5.41) is 13.3. The van der Waals surface area contributed by atoms with Crippen LogP contribution in [0.15, 0.2) is 47.1 Å². The van der Waals surface area contributed by atoms with Gasteiger partial charge in [-0.25, -0.2) is 0 Å². The number of rotatable bonds is 9. The molecule has 2 amide bonds. The summed E-state index contributed by atoms with van der Waals surface area (Å²) in [5.74, 6) is -0.275. The van der Waals surface area contributed by atoms with Crippen molar-refractivity contribution in [3.63, 3.8) is 0 Å². The minimum atomic E-state index is -0.586. The Morgan fingerprint density at radius 3 is 2.77 bits per heavy atom. The number of amides is 2. The molecule has 138 valence electrons. The molecule has 0 radical (unpaired) electrons. The molecular weight excluding hydrogens is 342 g/mol. The molecule has 1 aromatic heterocycles. The van der Waals surface area contributed by atoms with E-state index < -0.39 is 10.8 Å². The molecule has 9 nitrogen and oxygen atoms in total. The summed E-state index contributed by atoms with van der Waals surface area (Å²) >= 11 is 0. The first-order chi connectivity index (χ1) is 12.5. The van der Waals surface area contributed by atoms with E-state index in [-0.39, 0.29) is 30.2 Å². The number of nitro benzene ring substituents is 1. The Morgan fingerprint density at radius 2 is 2.12 bits per heavy atom. The molecule has 0 aliphatic heterocycles. The maximum absolute atomic E-state index is 12.4. The highest BCUT2D eigenvalue weighted by Crippen LogP contribution is 2.13. The van der Waals surface area contributed by atoms with Gasteiger partial charge in [0.05, 0.1) is 30.9 Å². The molecule has 0 saturated heterocycles. The van der Waals surface area contributed by atoms with Crippen molar-refractivity contribution >= 4 is 17.5 Å². The second-order valence-electron chi connectivity index (χ2n) is 5.38. The fourth-order valence-corrected chi connectivity index (χ4v) is 2.21. The molecule has 2 aromatic rings. The summed E-state index contributed by atoms with van der Waals surface area (Å²) in [7, 11) is 1.53. The van der Waals surface area contributed by atoms with E-state index in [1.54, 1.807) is 12.1 Å². The van der Waals surface area contributed by atoms with Crippen LogP contribution in [-0.4, -0.2) is 48.4 Å². The lowest BCUT2D eigenvalue weighted by Crippen LogP contribution is -2.41. The van der Waals surface area contributed by atoms with E-state index in [2.05, 4.69) is 5.32 Å². The number of nitrogens with one attached hydrogen (secondary N) is 1. The molecular formula is C17H19N3O6. The minimum absolute atomic E-state index is 0.112. The van der Waals surface area contributed by atoms with Crippen molar-refractivity contribution in [2.24, 2.45) is 0 Å². The van der Waals surface area contributed by atoms with Crippen LogP contribution in [0.3, 0.4) is 0 Å². The van der Waals surface area contributed by atoms with Gasteiger partial charge in [0.2, 0.25) is 5.91 Å². The normalized spacial score (nSPS) is 10.3. The number of furan rings is 1. The fraction of sp³-hybridized carbons (Fsp3) is 0.294. The van der Waals surface area contributed by atoms with Gasteiger partial charge in [0.25, 0.3) is 11.6 Å². The summed E-state index contributed by atoms with van der Waals surface area (Å²) in [5.41, 5.74) is -0.0787. The van der Waals surface area contributed by atoms with Gasteiger partial charge in [-0.15, -0.1) is 0 Å². The van der Waals surface area contributed by atoms with Crippen LogP contribution in [0.25, 0.3) is 0 Å². The van der Waals surface area contributed by atoms with Gasteiger partial charge in [-0.3, -0.25) is 19.7 Å². The molecule has 0 aliphatic carbocycles. The molecule has 2 rings (SSSR count). The zero-order valence-electron chi connectivity index (χ0n) is 14.2. The molecule has 1 heterocycles. The van der Waals surface area contributed by atoms with Crippen molar-refractivity contribution in [1.82, 2.24) is 10.2 Å².